The zero-order chi connectivity index (χ0) is 13.2. The highest BCUT2D eigenvalue weighted by atomic mass is 79.9. The summed E-state index contributed by atoms with van der Waals surface area (Å²) in [6.45, 7) is 0.611. The molecule has 2 aromatic rings. The van der Waals surface area contributed by atoms with E-state index in [1.54, 1.807) is 6.33 Å². The summed E-state index contributed by atoms with van der Waals surface area (Å²) < 4.78 is 0.627. The quantitative estimate of drug-likeness (QED) is 0.753. The van der Waals surface area contributed by atoms with Crippen LogP contribution in [0.4, 0.5) is 5.82 Å². The van der Waals surface area contributed by atoms with E-state index in [0.717, 1.165) is 11.4 Å². The number of halogens is 1. The van der Waals surface area contributed by atoms with E-state index in [1.807, 2.05) is 0 Å². The summed E-state index contributed by atoms with van der Waals surface area (Å²) in [5.74, 6) is 0.299. The molecule has 1 aliphatic heterocycles. The average molecular weight is 323 g/mol. The molecule has 1 amide bonds. The number of carbonyl (C=O) groups excluding carboxylic acids is 1. The van der Waals surface area contributed by atoms with Crippen LogP contribution in [0.3, 0.4) is 0 Å². The predicted octanol–water partition coefficient (Wildman–Crippen LogP) is 0.615. The molecular formula is C11H11BrN6O. The summed E-state index contributed by atoms with van der Waals surface area (Å²) in [7, 11) is 0. The third kappa shape index (κ3) is 2.64. The summed E-state index contributed by atoms with van der Waals surface area (Å²) in [4.78, 5) is 27.4. The van der Waals surface area contributed by atoms with Crippen molar-refractivity contribution < 1.29 is 4.79 Å². The molecule has 0 fully saturated rings. The fourth-order valence-electron chi connectivity index (χ4n) is 1.94. The Morgan fingerprint density at radius 3 is 3.05 bits per heavy atom. The number of rotatable bonds is 2. The van der Waals surface area contributed by atoms with Gasteiger partial charge in [0.15, 0.2) is 5.82 Å². The Balaban J connectivity index is 1.67. The predicted molar refractivity (Wildman–Crippen MR) is 71.3 cm³/mol. The number of hydrogen-bond acceptors (Lipinski definition) is 5. The molecule has 3 rings (SSSR count). The van der Waals surface area contributed by atoms with Crippen LogP contribution in [0, 0.1) is 0 Å². The molecule has 98 valence electrons. The van der Waals surface area contributed by atoms with Crippen molar-refractivity contribution in [2.75, 3.05) is 5.32 Å². The highest BCUT2D eigenvalue weighted by Crippen LogP contribution is 2.13. The van der Waals surface area contributed by atoms with E-state index >= 15 is 0 Å². The lowest BCUT2D eigenvalue weighted by Crippen LogP contribution is -2.44. The number of hydrogen-bond donors (Lipinski definition) is 3. The lowest BCUT2D eigenvalue weighted by Gasteiger charge is -2.21. The number of imidazole rings is 1. The molecule has 1 unspecified atom stereocenters. The number of nitrogens with zero attached hydrogens (tertiary/aromatic N) is 3. The van der Waals surface area contributed by atoms with Crippen molar-refractivity contribution >= 4 is 27.7 Å². The third-order valence-corrected chi connectivity index (χ3v) is 3.33. The Bertz CT molecular complexity index is 595. The van der Waals surface area contributed by atoms with E-state index < -0.39 is 0 Å². The minimum absolute atomic E-state index is 0.134. The van der Waals surface area contributed by atoms with Crippen molar-refractivity contribution in [1.82, 2.24) is 25.3 Å². The Kier molecular flexibility index (Phi) is 3.26. The maximum Gasteiger partial charge on any atom is 0.243 e. The second kappa shape index (κ2) is 5.06. The molecule has 0 saturated carbocycles. The molecule has 0 saturated heterocycles. The van der Waals surface area contributed by atoms with Crippen LogP contribution in [-0.2, 0) is 17.8 Å². The first-order valence-electron chi connectivity index (χ1n) is 5.75. The van der Waals surface area contributed by atoms with Crippen LogP contribution in [-0.4, -0.2) is 31.9 Å². The van der Waals surface area contributed by atoms with Gasteiger partial charge in [-0.2, -0.15) is 0 Å². The minimum atomic E-state index is -0.304. The highest BCUT2D eigenvalue weighted by molar-refractivity contribution is 9.10. The van der Waals surface area contributed by atoms with Crippen LogP contribution in [0.25, 0.3) is 0 Å². The molecule has 2 aromatic heterocycles. The zero-order valence-corrected chi connectivity index (χ0v) is 11.4. The number of fused-ring (bicyclic) bond motifs is 1. The van der Waals surface area contributed by atoms with Crippen molar-refractivity contribution in [2.24, 2.45) is 0 Å². The summed E-state index contributed by atoms with van der Waals surface area (Å²) in [5, 5.41) is 5.88. The van der Waals surface area contributed by atoms with Gasteiger partial charge in [-0.3, -0.25) is 10.1 Å². The maximum absolute atomic E-state index is 12.1. The Hall–Kier alpha value is -1.80. The summed E-state index contributed by atoms with van der Waals surface area (Å²) >= 11 is 3.19. The number of anilines is 1. The van der Waals surface area contributed by atoms with Crippen molar-refractivity contribution in [3.63, 3.8) is 0 Å². The van der Waals surface area contributed by atoms with Crippen molar-refractivity contribution in [3.05, 3.63) is 34.7 Å². The van der Waals surface area contributed by atoms with Gasteiger partial charge in [0, 0.05) is 13.0 Å². The first kappa shape index (κ1) is 12.2. The monoisotopic (exact) mass is 322 g/mol. The number of H-pyrrole nitrogens is 1. The van der Waals surface area contributed by atoms with E-state index in [0.29, 0.717) is 23.4 Å². The number of aromatic amines is 1. The molecular weight excluding hydrogens is 312 g/mol. The van der Waals surface area contributed by atoms with E-state index in [9.17, 15) is 4.79 Å². The number of amides is 1. The summed E-state index contributed by atoms with van der Waals surface area (Å²) in [6, 6.07) is -0.304. The van der Waals surface area contributed by atoms with E-state index in [4.69, 9.17) is 0 Å². The lowest BCUT2D eigenvalue weighted by atomic mass is 10.0. The largest absolute Gasteiger partial charge is 0.347 e. The van der Waals surface area contributed by atoms with Gasteiger partial charge >= 0.3 is 0 Å². The standard InChI is InChI=1S/C11H11BrN6O/c12-9-3-15-10(4-14-9)18-11(19)7-1-6-8(2-13-7)17-5-16-6/h3-5,7,13H,1-2H2,(H,16,17)(H,15,18,19). The van der Waals surface area contributed by atoms with Gasteiger partial charge < -0.3 is 10.3 Å². The lowest BCUT2D eigenvalue weighted by molar-refractivity contribution is -0.118. The van der Waals surface area contributed by atoms with Crippen LogP contribution >= 0.6 is 15.9 Å². The first-order valence-corrected chi connectivity index (χ1v) is 6.54. The molecule has 8 heteroatoms. The second-order valence-electron chi connectivity index (χ2n) is 4.18. The fraction of sp³-hybridized carbons (Fsp3) is 0.273. The van der Waals surface area contributed by atoms with Gasteiger partial charge in [0.25, 0.3) is 0 Å². The van der Waals surface area contributed by atoms with Gasteiger partial charge in [-0.25, -0.2) is 15.0 Å². The van der Waals surface area contributed by atoms with Crippen molar-refractivity contribution in [1.29, 1.82) is 0 Å². The normalized spacial score (nSPS) is 17.8. The smallest absolute Gasteiger partial charge is 0.243 e. The molecule has 0 aliphatic carbocycles. The zero-order valence-electron chi connectivity index (χ0n) is 9.85. The van der Waals surface area contributed by atoms with Crippen LogP contribution < -0.4 is 10.6 Å². The Morgan fingerprint density at radius 2 is 2.26 bits per heavy atom. The molecule has 0 spiro atoms. The number of nitrogens with one attached hydrogen (secondary N) is 3. The van der Waals surface area contributed by atoms with E-state index in [2.05, 4.69) is 46.5 Å². The number of carbonyl (C=O) groups is 1. The van der Waals surface area contributed by atoms with Crippen LogP contribution in [0.15, 0.2) is 23.3 Å². The molecule has 19 heavy (non-hydrogen) atoms. The van der Waals surface area contributed by atoms with E-state index in [1.165, 1.54) is 12.4 Å². The summed E-state index contributed by atoms with van der Waals surface area (Å²) in [5.41, 5.74) is 1.97. The maximum atomic E-state index is 12.1. The Morgan fingerprint density at radius 1 is 1.37 bits per heavy atom. The summed E-state index contributed by atoms with van der Waals surface area (Å²) in [6.07, 6.45) is 5.25. The van der Waals surface area contributed by atoms with Gasteiger partial charge in [-0.15, -0.1) is 0 Å². The van der Waals surface area contributed by atoms with Crippen molar-refractivity contribution in [2.45, 2.75) is 19.0 Å². The highest BCUT2D eigenvalue weighted by Gasteiger charge is 2.25. The molecule has 0 aromatic carbocycles. The van der Waals surface area contributed by atoms with Gasteiger partial charge in [0.2, 0.25) is 5.91 Å². The molecule has 0 radical (unpaired) electrons. The topological polar surface area (TPSA) is 95.6 Å². The second-order valence-corrected chi connectivity index (χ2v) is 4.99. The van der Waals surface area contributed by atoms with Crippen molar-refractivity contribution in [3.8, 4) is 0 Å². The molecule has 3 N–H and O–H groups in total. The van der Waals surface area contributed by atoms with Gasteiger partial charge in [0.1, 0.15) is 4.60 Å². The average Bonchev–Trinajstić information content (AvgIpc) is 2.88. The molecule has 0 bridgehead atoms. The van der Waals surface area contributed by atoms with Crippen LogP contribution in [0.1, 0.15) is 11.4 Å². The van der Waals surface area contributed by atoms with Gasteiger partial charge in [-0.1, -0.05) is 0 Å². The van der Waals surface area contributed by atoms with Crippen LogP contribution in [0.5, 0.6) is 0 Å². The first-order chi connectivity index (χ1) is 9.22. The number of aromatic nitrogens is 4. The van der Waals surface area contributed by atoms with Gasteiger partial charge in [0.05, 0.1) is 36.2 Å². The molecule has 1 atom stereocenters. The molecule has 1 aliphatic rings. The Labute approximate surface area is 117 Å². The molecule has 7 nitrogen and oxygen atoms in total. The minimum Gasteiger partial charge on any atom is -0.347 e. The van der Waals surface area contributed by atoms with E-state index in [-0.39, 0.29) is 11.9 Å². The fourth-order valence-corrected chi connectivity index (χ4v) is 2.15. The third-order valence-electron chi connectivity index (χ3n) is 2.92. The van der Waals surface area contributed by atoms with Crippen LogP contribution in [0.2, 0.25) is 0 Å². The van der Waals surface area contributed by atoms with Gasteiger partial charge in [-0.05, 0) is 15.9 Å². The molecule has 3 heterocycles. The SMILES string of the molecule is O=C(Nc1cnc(Br)cn1)C1Cc2nc[nH]c2CN1.